The topological polar surface area (TPSA) is 25.8 Å². The molecule has 0 saturated heterocycles. The molecule has 0 bridgehead atoms. The maximum Gasteiger partial charge on any atom is 0.190 e. The van der Waals surface area contributed by atoms with Gasteiger partial charge in [-0.15, -0.1) is 11.3 Å². The second-order valence-corrected chi connectivity index (χ2v) is 8.52. The SMILES string of the molecule is Cc1ccc(-c2csc3nc(SCc4ccc(F)cc4)nc(Cl)c23)c(C)c1. The predicted molar refractivity (Wildman–Crippen MR) is 113 cm³/mol. The maximum atomic E-state index is 13.0. The molecule has 0 atom stereocenters. The number of benzene rings is 2. The van der Waals surface area contributed by atoms with Crippen molar-refractivity contribution in [3.05, 3.63) is 75.5 Å². The lowest BCUT2D eigenvalue weighted by molar-refractivity contribution is 0.627. The summed E-state index contributed by atoms with van der Waals surface area (Å²) in [6.07, 6.45) is 0. The van der Waals surface area contributed by atoms with Crippen LogP contribution in [0.15, 0.2) is 53.0 Å². The Bertz CT molecular complexity index is 1120. The fraction of sp³-hybridized carbons (Fsp3) is 0.143. The maximum absolute atomic E-state index is 13.0. The Balaban J connectivity index is 1.66. The van der Waals surface area contributed by atoms with Crippen molar-refractivity contribution in [2.45, 2.75) is 24.8 Å². The molecule has 4 rings (SSSR count). The molecule has 0 spiro atoms. The number of thiophene rings is 1. The van der Waals surface area contributed by atoms with Gasteiger partial charge in [-0.2, -0.15) is 0 Å². The van der Waals surface area contributed by atoms with Crippen LogP contribution in [0.3, 0.4) is 0 Å². The van der Waals surface area contributed by atoms with Crippen LogP contribution in [0, 0.1) is 19.7 Å². The molecule has 0 aliphatic rings. The molecule has 2 aromatic carbocycles. The van der Waals surface area contributed by atoms with Crippen LogP contribution in [0.25, 0.3) is 21.3 Å². The van der Waals surface area contributed by atoms with Gasteiger partial charge in [-0.25, -0.2) is 14.4 Å². The number of halogens is 2. The van der Waals surface area contributed by atoms with Gasteiger partial charge in [0.25, 0.3) is 0 Å². The van der Waals surface area contributed by atoms with Gasteiger partial charge in [-0.1, -0.05) is 59.3 Å². The van der Waals surface area contributed by atoms with E-state index < -0.39 is 0 Å². The van der Waals surface area contributed by atoms with Gasteiger partial charge in [0.2, 0.25) is 0 Å². The van der Waals surface area contributed by atoms with Crippen molar-refractivity contribution >= 4 is 44.9 Å². The lowest BCUT2D eigenvalue weighted by Crippen LogP contribution is -1.91. The molecule has 0 amide bonds. The Morgan fingerprint density at radius 3 is 2.56 bits per heavy atom. The van der Waals surface area contributed by atoms with Gasteiger partial charge >= 0.3 is 0 Å². The molecule has 0 aliphatic heterocycles. The largest absolute Gasteiger partial charge is 0.211 e. The van der Waals surface area contributed by atoms with Crippen LogP contribution in [-0.4, -0.2) is 9.97 Å². The first kappa shape index (κ1) is 18.4. The van der Waals surface area contributed by atoms with E-state index in [-0.39, 0.29) is 5.82 Å². The predicted octanol–water partition coefficient (Wildman–Crippen LogP) is 7.06. The summed E-state index contributed by atoms with van der Waals surface area (Å²) in [5.41, 5.74) is 5.69. The van der Waals surface area contributed by atoms with E-state index in [1.807, 2.05) is 0 Å². The van der Waals surface area contributed by atoms with E-state index in [1.165, 1.54) is 35.0 Å². The Hall–Kier alpha value is -1.95. The third-order valence-electron chi connectivity index (χ3n) is 4.32. The molecule has 0 radical (unpaired) electrons. The molecule has 6 heteroatoms. The molecule has 0 N–H and O–H groups in total. The van der Waals surface area contributed by atoms with Gasteiger partial charge in [0.05, 0.1) is 5.39 Å². The van der Waals surface area contributed by atoms with Gasteiger partial charge in [0.1, 0.15) is 15.8 Å². The van der Waals surface area contributed by atoms with E-state index >= 15 is 0 Å². The zero-order chi connectivity index (χ0) is 19.0. The Labute approximate surface area is 170 Å². The highest BCUT2D eigenvalue weighted by atomic mass is 35.5. The van der Waals surface area contributed by atoms with Crippen molar-refractivity contribution < 1.29 is 4.39 Å². The first-order valence-electron chi connectivity index (χ1n) is 8.41. The summed E-state index contributed by atoms with van der Waals surface area (Å²) in [4.78, 5) is 10.0. The highest BCUT2D eigenvalue weighted by Crippen LogP contribution is 2.39. The quantitative estimate of drug-likeness (QED) is 0.203. The average Bonchev–Trinajstić information content (AvgIpc) is 3.05. The molecule has 2 aromatic heterocycles. The number of rotatable bonds is 4. The second-order valence-electron chi connectivity index (χ2n) is 6.36. The first-order chi connectivity index (χ1) is 13.0. The van der Waals surface area contributed by atoms with Crippen molar-refractivity contribution in [1.29, 1.82) is 0 Å². The van der Waals surface area contributed by atoms with Crippen LogP contribution in [0.5, 0.6) is 0 Å². The Morgan fingerprint density at radius 1 is 1.04 bits per heavy atom. The van der Waals surface area contributed by atoms with E-state index in [9.17, 15) is 4.39 Å². The summed E-state index contributed by atoms with van der Waals surface area (Å²) < 4.78 is 13.0. The molecular weight excluding hydrogens is 399 g/mol. The normalized spacial score (nSPS) is 11.3. The minimum absolute atomic E-state index is 0.234. The van der Waals surface area contributed by atoms with Crippen LogP contribution in [0.2, 0.25) is 5.15 Å². The summed E-state index contributed by atoms with van der Waals surface area (Å²) in [5, 5.41) is 4.10. The van der Waals surface area contributed by atoms with Crippen LogP contribution in [0.1, 0.15) is 16.7 Å². The minimum Gasteiger partial charge on any atom is -0.211 e. The Kier molecular flexibility index (Phi) is 5.17. The van der Waals surface area contributed by atoms with Crippen molar-refractivity contribution in [2.24, 2.45) is 0 Å². The van der Waals surface area contributed by atoms with Crippen molar-refractivity contribution in [2.75, 3.05) is 0 Å². The fourth-order valence-corrected chi connectivity index (χ4v) is 5.16. The van der Waals surface area contributed by atoms with E-state index in [4.69, 9.17) is 11.6 Å². The molecule has 0 aliphatic carbocycles. The van der Waals surface area contributed by atoms with Crippen LogP contribution >= 0.6 is 34.7 Å². The summed E-state index contributed by atoms with van der Waals surface area (Å²) in [7, 11) is 0. The van der Waals surface area contributed by atoms with Crippen LogP contribution < -0.4 is 0 Å². The zero-order valence-electron chi connectivity index (χ0n) is 14.8. The fourth-order valence-electron chi connectivity index (χ4n) is 2.99. The number of nitrogens with zero attached hydrogens (tertiary/aromatic N) is 2. The summed E-state index contributed by atoms with van der Waals surface area (Å²) in [5.74, 6) is 0.430. The number of thioether (sulfide) groups is 1. The Morgan fingerprint density at radius 2 is 1.81 bits per heavy atom. The monoisotopic (exact) mass is 414 g/mol. The molecule has 0 unspecified atom stereocenters. The number of fused-ring (bicyclic) bond motifs is 1. The molecule has 0 saturated carbocycles. The van der Waals surface area contributed by atoms with E-state index in [1.54, 1.807) is 23.5 Å². The molecular formula is C21H16ClFN2S2. The van der Waals surface area contributed by atoms with E-state index in [2.05, 4.69) is 47.4 Å². The van der Waals surface area contributed by atoms with Gasteiger partial charge in [-0.3, -0.25) is 0 Å². The van der Waals surface area contributed by atoms with Crippen molar-refractivity contribution in [3.8, 4) is 11.1 Å². The van der Waals surface area contributed by atoms with Gasteiger partial charge in [-0.05, 0) is 42.7 Å². The smallest absolute Gasteiger partial charge is 0.190 e. The van der Waals surface area contributed by atoms with Gasteiger partial charge in [0, 0.05) is 16.7 Å². The lowest BCUT2D eigenvalue weighted by Gasteiger charge is -2.07. The third-order valence-corrected chi connectivity index (χ3v) is 6.39. The zero-order valence-corrected chi connectivity index (χ0v) is 17.2. The molecule has 136 valence electrons. The third kappa shape index (κ3) is 3.86. The molecule has 2 nitrogen and oxygen atoms in total. The second kappa shape index (κ2) is 7.58. The van der Waals surface area contributed by atoms with Crippen LogP contribution in [-0.2, 0) is 5.75 Å². The average molecular weight is 415 g/mol. The first-order valence-corrected chi connectivity index (χ1v) is 10.6. The van der Waals surface area contributed by atoms with Crippen molar-refractivity contribution in [1.82, 2.24) is 9.97 Å². The van der Waals surface area contributed by atoms with E-state index in [0.29, 0.717) is 16.1 Å². The number of hydrogen-bond acceptors (Lipinski definition) is 4. The molecule has 27 heavy (non-hydrogen) atoms. The number of hydrogen-bond donors (Lipinski definition) is 0. The van der Waals surface area contributed by atoms with Gasteiger partial charge in [0.15, 0.2) is 5.16 Å². The van der Waals surface area contributed by atoms with Crippen molar-refractivity contribution in [3.63, 3.8) is 0 Å². The van der Waals surface area contributed by atoms with Gasteiger partial charge < -0.3 is 0 Å². The number of aromatic nitrogens is 2. The molecule has 2 heterocycles. The summed E-state index contributed by atoms with van der Waals surface area (Å²) in [6.45, 7) is 4.19. The minimum atomic E-state index is -0.234. The number of aryl methyl sites for hydroxylation is 2. The lowest BCUT2D eigenvalue weighted by atomic mass is 9.99. The van der Waals surface area contributed by atoms with Crippen LogP contribution in [0.4, 0.5) is 4.39 Å². The van der Waals surface area contributed by atoms with E-state index in [0.717, 1.165) is 26.9 Å². The summed E-state index contributed by atoms with van der Waals surface area (Å²) >= 11 is 9.61. The molecule has 0 fully saturated rings. The highest BCUT2D eigenvalue weighted by molar-refractivity contribution is 7.98. The molecule has 4 aromatic rings. The standard InChI is InChI=1S/C21H16ClFN2S2/c1-12-3-8-16(13(2)9-12)17-11-26-20-18(17)19(22)24-21(25-20)27-10-14-4-6-15(23)7-5-14/h3-9,11H,10H2,1-2H3. The highest BCUT2D eigenvalue weighted by Gasteiger charge is 2.16. The summed E-state index contributed by atoms with van der Waals surface area (Å²) in [6, 6.07) is 12.9.